The van der Waals surface area contributed by atoms with Gasteiger partial charge in [0.1, 0.15) is 0 Å². The molecule has 0 radical (unpaired) electrons. The van der Waals surface area contributed by atoms with Crippen LogP contribution in [0.5, 0.6) is 0 Å². The minimum atomic E-state index is 1.03. The number of aromatic nitrogens is 1. The molecule has 0 fully saturated rings. The summed E-state index contributed by atoms with van der Waals surface area (Å²) in [6, 6.07) is 14.4. The molecular weight excluding hydrogens is 194 g/mol. The largest absolute Gasteiger partial charge is 0.256 e. The zero-order valence-electron chi connectivity index (χ0n) is 8.85. The van der Waals surface area contributed by atoms with Gasteiger partial charge in [0, 0.05) is 17.0 Å². The normalized spacial score (nSPS) is 10.8. The second-order valence-corrected chi connectivity index (χ2v) is 3.79. The van der Waals surface area contributed by atoms with Crippen LogP contribution in [0.1, 0.15) is 5.56 Å². The Labute approximate surface area is 94.1 Å². The van der Waals surface area contributed by atoms with Gasteiger partial charge in [0.05, 0.1) is 5.52 Å². The highest BCUT2D eigenvalue weighted by Gasteiger charge is 2.03. The van der Waals surface area contributed by atoms with E-state index >= 15 is 0 Å². The molecule has 0 aliphatic heterocycles. The summed E-state index contributed by atoms with van der Waals surface area (Å²) in [6.07, 6.45) is 3.82. The first-order valence-corrected chi connectivity index (χ1v) is 5.29. The van der Waals surface area contributed by atoms with Gasteiger partial charge in [0.2, 0.25) is 0 Å². The first-order valence-electron chi connectivity index (χ1n) is 5.29. The van der Waals surface area contributed by atoms with Gasteiger partial charge in [-0.2, -0.15) is 0 Å². The Balaban J connectivity index is 2.62. The van der Waals surface area contributed by atoms with Gasteiger partial charge in [-0.1, -0.05) is 49.1 Å². The zero-order valence-corrected chi connectivity index (χ0v) is 8.85. The Morgan fingerprint density at radius 3 is 2.75 bits per heavy atom. The van der Waals surface area contributed by atoms with Gasteiger partial charge in [-0.3, -0.25) is 4.98 Å². The van der Waals surface area contributed by atoms with Crippen LogP contribution < -0.4 is 0 Å². The molecular formula is C15H11N. The quantitative estimate of drug-likeness (QED) is 0.546. The molecule has 0 aliphatic carbocycles. The maximum absolute atomic E-state index is 4.45. The monoisotopic (exact) mass is 205 g/mol. The van der Waals surface area contributed by atoms with Gasteiger partial charge in [-0.25, -0.2) is 0 Å². The van der Waals surface area contributed by atoms with Crippen molar-refractivity contribution in [1.82, 2.24) is 4.98 Å². The smallest absolute Gasteiger partial charge is 0.0708 e. The lowest BCUT2D eigenvalue weighted by Gasteiger charge is -2.05. The molecule has 2 aromatic carbocycles. The van der Waals surface area contributed by atoms with Crippen LogP contribution in [0.4, 0.5) is 0 Å². The third kappa shape index (κ3) is 1.22. The predicted octanol–water partition coefficient (Wildman–Crippen LogP) is 4.03. The maximum Gasteiger partial charge on any atom is 0.0708 e. The molecule has 0 saturated heterocycles. The first-order chi connectivity index (χ1) is 7.90. The van der Waals surface area contributed by atoms with Crippen molar-refractivity contribution in [2.24, 2.45) is 0 Å². The molecule has 1 aromatic heterocycles. The SMILES string of the molecule is C=Cc1cccc2cnc3ccccc3c12. The minimum absolute atomic E-state index is 1.03. The number of para-hydroxylation sites is 1. The zero-order chi connectivity index (χ0) is 11.0. The molecule has 16 heavy (non-hydrogen) atoms. The summed E-state index contributed by atoms with van der Waals surface area (Å²) in [5, 5.41) is 3.59. The molecule has 3 aromatic rings. The van der Waals surface area contributed by atoms with Crippen LogP contribution in [-0.2, 0) is 0 Å². The van der Waals surface area contributed by atoms with E-state index in [1.807, 2.05) is 36.5 Å². The van der Waals surface area contributed by atoms with E-state index in [0.717, 1.165) is 16.5 Å². The van der Waals surface area contributed by atoms with E-state index in [2.05, 4.69) is 29.8 Å². The highest BCUT2D eigenvalue weighted by atomic mass is 14.6. The van der Waals surface area contributed by atoms with E-state index in [0.29, 0.717) is 0 Å². The van der Waals surface area contributed by atoms with E-state index in [4.69, 9.17) is 0 Å². The van der Waals surface area contributed by atoms with Crippen LogP contribution in [0.15, 0.2) is 55.2 Å². The minimum Gasteiger partial charge on any atom is -0.256 e. The lowest BCUT2D eigenvalue weighted by molar-refractivity contribution is 1.44. The Hall–Kier alpha value is -2.15. The van der Waals surface area contributed by atoms with Crippen molar-refractivity contribution in [1.29, 1.82) is 0 Å². The standard InChI is InChI=1S/C15H11N/c1-2-11-6-5-7-12-10-16-14-9-4-3-8-13(14)15(11)12/h2-10H,1H2. The Morgan fingerprint density at radius 2 is 1.88 bits per heavy atom. The average Bonchev–Trinajstić information content (AvgIpc) is 2.37. The molecule has 0 atom stereocenters. The van der Waals surface area contributed by atoms with Gasteiger partial charge in [-0.05, 0) is 17.0 Å². The van der Waals surface area contributed by atoms with Crippen molar-refractivity contribution < 1.29 is 0 Å². The predicted molar refractivity (Wildman–Crippen MR) is 69.3 cm³/mol. The van der Waals surface area contributed by atoms with Gasteiger partial charge in [-0.15, -0.1) is 0 Å². The second kappa shape index (κ2) is 3.46. The number of rotatable bonds is 1. The van der Waals surface area contributed by atoms with E-state index < -0.39 is 0 Å². The van der Waals surface area contributed by atoms with E-state index in [1.54, 1.807) is 0 Å². The Kier molecular flexibility index (Phi) is 1.97. The Morgan fingerprint density at radius 1 is 1.00 bits per heavy atom. The number of fused-ring (bicyclic) bond motifs is 3. The Bertz CT molecular complexity index is 683. The van der Waals surface area contributed by atoms with Gasteiger partial charge in [0.25, 0.3) is 0 Å². The molecule has 3 rings (SSSR count). The van der Waals surface area contributed by atoms with Crippen LogP contribution in [0.25, 0.3) is 27.8 Å². The van der Waals surface area contributed by atoms with Crippen molar-refractivity contribution in [3.63, 3.8) is 0 Å². The summed E-state index contributed by atoms with van der Waals surface area (Å²) in [7, 11) is 0. The van der Waals surface area contributed by atoms with Crippen molar-refractivity contribution in [3.8, 4) is 0 Å². The van der Waals surface area contributed by atoms with Crippen molar-refractivity contribution in [3.05, 3.63) is 60.8 Å². The van der Waals surface area contributed by atoms with E-state index in [1.165, 1.54) is 10.8 Å². The molecule has 0 aliphatic rings. The van der Waals surface area contributed by atoms with Crippen molar-refractivity contribution >= 4 is 27.8 Å². The van der Waals surface area contributed by atoms with Crippen LogP contribution in [0.3, 0.4) is 0 Å². The van der Waals surface area contributed by atoms with Crippen LogP contribution in [0, 0.1) is 0 Å². The molecule has 1 nitrogen and oxygen atoms in total. The lowest BCUT2D eigenvalue weighted by atomic mass is 10.0. The molecule has 0 spiro atoms. The second-order valence-electron chi connectivity index (χ2n) is 3.79. The number of hydrogen-bond acceptors (Lipinski definition) is 1. The summed E-state index contributed by atoms with van der Waals surface area (Å²) in [5.41, 5.74) is 2.19. The number of hydrogen-bond donors (Lipinski definition) is 0. The summed E-state index contributed by atoms with van der Waals surface area (Å²) in [5.74, 6) is 0. The van der Waals surface area contributed by atoms with E-state index in [-0.39, 0.29) is 0 Å². The fourth-order valence-electron chi connectivity index (χ4n) is 2.11. The lowest BCUT2D eigenvalue weighted by Crippen LogP contribution is -1.84. The van der Waals surface area contributed by atoms with Gasteiger partial charge >= 0.3 is 0 Å². The fraction of sp³-hybridized carbons (Fsp3) is 0. The van der Waals surface area contributed by atoms with Crippen LogP contribution >= 0.6 is 0 Å². The highest BCUT2D eigenvalue weighted by molar-refractivity contribution is 6.09. The molecule has 0 amide bonds. The van der Waals surface area contributed by atoms with Crippen molar-refractivity contribution in [2.45, 2.75) is 0 Å². The molecule has 0 unspecified atom stereocenters. The molecule has 0 saturated carbocycles. The topological polar surface area (TPSA) is 12.9 Å². The first kappa shape index (κ1) is 9.10. The summed E-state index contributed by atoms with van der Waals surface area (Å²) in [4.78, 5) is 4.45. The van der Waals surface area contributed by atoms with E-state index in [9.17, 15) is 0 Å². The van der Waals surface area contributed by atoms with Crippen LogP contribution in [-0.4, -0.2) is 4.98 Å². The third-order valence-electron chi connectivity index (χ3n) is 2.86. The molecule has 0 N–H and O–H groups in total. The molecule has 1 heterocycles. The summed E-state index contributed by atoms with van der Waals surface area (Å²) in [6.45, 7) is 3.87. The molecule has 1 heteroatoms. The molecule has 76 valence electrons. The van der Waals surface area contributed by atoms with Crippen LogP contribution in [0.2, 0.25) is 0 Å². The number of nitrogens with zero attached hydrogens (tertiary/aromatic N) is 1. The highest BCUT2D eigenvalue weighted by Crippen LogP contribution is 2.26. The number of benzene rings is 2. The average molecular weight is 205 g/mol. The van der Waals surface area contributed by atoms with Gasteiger partial charge in [0.15, 0.2) is 0 Å². The number of pyridine rings is 1. The third-order valence-corrected chi connectivity index (χ3v) is 2.86. The van der Waals surface area contributed by atoms with Crippen molar-refractivity contribution in [2.75, 3.05) is 0 Å². The maximum atomic E-state index is 4.45. The van der Waals surface area contributed by atoms with Gasteiger partial charge < -0.3 is 0 Å². The summed E-state index contributed by atoms with van der Waals surface area (Å²) < 4.78 is 0. The molecule has 0 bridgehead atoms. The fourth-order valence-corrected chi connectivity index (χ4v) is 2.11. The summed E-state index contributed by atoms with van der Waals surface area (Å²) >= 11 is 0.